The van der Waals surface area contributed by atoms with Crippen LogP contribution in [0.2, 0.25) is 5.02 Å². The number of nitrogens with one attached hydrogen (secondary N) is 2. The number of benzene rings is 2. The molecule has 0 aliphatic heterocycles. The van der Waals surface area contributed by atoms with Crippen LogP contribution < -0.4 is 10.6 Å². The third kappa shape index (κ3) is 6.94. The molecule has 2 amide bonds. The van der Waals surface area contributed by atoms with Gasteiger partial charge in [-0.2, -0.15) is 0 Å². The Labute approximate surface area is 202 Å². The first-order chi connectivity index (χ1) is 15.9. The van der Waals surface area contributed by atoms with Crippen molar-refractivity contribution in [1.82, 2.24) is 20.1 Å². The van der Waals surface area contributed by atoms with Gasteiger partial charge in [0, 0.05) is 22.8 Å². The highest BCUT2D eigenvalue weighted by Gasteiger charge is 2.15. The number of hydrogen-bond acceptors (Lipinski definition) is 5. The van der Waals surface area contributed by atoms with E-state index in [9.17, 15) is 9.59 Å². The molecule has 0 aliphatic rings. The third-order valence-corrected chi connectivity index (χ3v) is 6.03. The molecule has 0 spiro atoms. The second-order valence-corrected chi connectivity index (χ2v) is 8.98. The number of anilines is 1. The molecule has 0 unspecified atom stereocenters. The zero-order chi connectivity index (χ0) is 23.8. The molecule has 2 aromatic carbocycles. The van der Waals surface area contributed by atoms with Gasteiger partial charge in [-0.25, -0.2) is 0 Å². The van der Waals surface area contributed by atoms with Crippen LogP contribution in [0.3, 0.4) is 0 Å². The van der Waals surface area contributed by atoms with Gasteiger partial charge < -0.3 is 15.2 Å². The first-order valence-electron chi connectivity index (χ1n) is 10.5. The lowest BCUT2D eigenvalue weighted by atomic mass is 10.0. The van der Waals surface area contributed by atoms with Gasteiger partial charge in [-0.15, -0.1) is 16.8 Å². The molecule has 0 radical (unpaired) electrons. The maximum Gasteiger partial charge on any atom is 0.251 e. The van der Waals surface area contributed by atoms with E-state index in [0.29, 0.717) is 34.0 Å². The average Bonchev–Trinajstić information content (AvgIpc) is 3.18. The van der Waals surface area contributed by atoms with Gasteiger partial charge in [0.2, 0.25) is 5.91 Å². The van der Waals surface area contributed by atoms with Crippen LogP contribution in [0, 0.1) is 0 Å². The topological polar surface area (TPSA) is 88.9 Å². The maximum absolute atomic E-state index is 12.4. The van der Waals surface area contributed by atoms with Crippen LogP contribution in [-0.4, -0.2) is 32.3 Å². The maximum atomic E-state index is 12.4. The molecule has 2 N–H and O–H groups in total. The number of nitrogens with zero attached hydrogens (tertiary/aromatic N) is 3. The summed E-state index contributed by atoms with van der Waals surface area (Å²) < 4.78 is 1.82. The number of thioether (sulfide) groups is 1. The largest absolute Gasteiger partial charge is 0.345 e. The van der Waals surface area contributed by atoms with E-state index >= 15 is 0 Å². The molecule has 0 saturated carbocycles. The van der Waals surface area contributed by atoms with E-state index in [0.717, 1.165) is 5.69 Å². The SMILES string of the molecule is C=CCn1c(CNC(=O)c2ccc(Cl)cc2)nnc1SCC(=O)Nc1ccc(C(C)C)cc1. The summed E-state index contributed by atoms with van der Waals surface area (Å²) in [6, 6.07) is 14.5. The smallest absolute Gasteiger partial charge is 0.251 e. The Kier molecular flexibility index (Phi) is 8.68. The quantitative estimate of drug-likeness (QED) is 0.316. The summed E-state index contributed by atoms with van der Waals surface area (Å²) >= 11 is 7.15. The predicted octanol–water partition coefficient (Wildman–Crippen LogP) is 4.90. The van der Waals surface area contributed by atoms with Gasteiger partial charge in [0.15, 0.2) is 11.0 Å². The summed E-state index contributed by atoms with van der Waals surface area (Å²) in [6.07, 6.45) is 1.72. The van der Waals surface area contributed by atoms with Crippen LogP contribution in [0.4, 0.5) is 5.69 Å². The number of aromatic nitrogens is 3. The zero-order valence-electron chi connectivity index (χ0n) is 18.5. The van der Waals surface area contributed by atoms with Crippen LogP contribution in [0.1, 0.15) is 41.5 Å². The number of hydrogen-bond donors (Lipinski definition) is 2. The summed E-state index contributed by atoms with van der Waals surface area (Å²) in [4.78, 5) is 24.8. The van der Waals surface area contributed by atoms with E-state index in [2.05, 4.69) is 41.3 Å². The minimum Gasteiger partial charge on any atom is -0.345 e. The van der Waals surface area contributed by atoms with Crippen LogP contribution in [0.15, 0.2) is 66.3 Å². The fraction of sp³-hybridized carbons (Fsp3) is 0.250. The summed E-state index contributed by atoms with van der Waals surface area (Å²) in [5.74, 6) is 0.814. The van der Waals surface area contributed by atoms with Gasteiger partial charge in [-0.05, 0) is 47.9 Å². The normalized spacial score (nSPS) is 10.8. The number of amides is 2. The highest BCUT2D eigenvalue weighted by atomic mass is 35.5. The molecule has 9 heteroatoms. The predicted molar refractivity (Wildman–Crippen MR) is 133 cm³/mol. The molecule has 0 atom stereocenters. The van der Waals surface area contributed by atoms with Crippen molar-refractivity contribution < 1.29 is 9.59 Å². The number of rotatable bonds is 10. The standard InChI is InChI=1S/C24H26ClN5O2S/c1-4-13-30-21(14-26-23(32)18-5-9-19(25)10-6-18)28-29-24(30)33-15-22(31)27-20-11-7-17(8-12-20)16(2)3/h4-12,16H,1,13-15H2,2-3H3,(H,26,32)(H,27,31). The summed E-state index contributed by atoms with van der Waals surface area (Å²) in [6.45, 7) is 8.68. The van der Waals surface area contributed by atoms with Crippen LogP contribution in [-0.2, 0) is 17.9 Å². The molecule has 0 fully saturated rings. The molecule has 33 heavy (non-hydrogen) atoms. The Morgan fingerprint density at radius 3 is 2.45 bits per heavy atom. The minimum absolute atomic E-state index is 0.136. The lowest BCUT2D eigenvalue weighted by Gasteiger charge is -2.10. The summed E-state index contributed by atoms with van der Waals surface area (Å²) in [7, 11) is 0. The molecule has 7 nitrogen and oxygen atoms in total. The number of allylic oxidation sites excluding steroid dienone is 1. The van der Waals surface area contributed by atoms with Crippen molar-refractivity contribution >= 4 is 40.9 Å². The average molecular weight is 484 g/mol. The Morgan fingerprint density at radius 1 is 1.12 bits per heavy atom. The van der Waals surface area contributed by atoms with Crippen molar-refractivity contribution in [3.8, 4) is 0 Å². The second-order valence-electron chi connectivity index (χ2n) is 7.60. The van der Waals surface area contributed by atoms with Crippen molar-refractivity contribution in [2.45, 2.75) is 38.0 Å². The molecule has 0 aliphatic carbocycles. The van der Waals surface area contributed by atoms with Crippen molar-refractivity contribution in [1.29, 1.82) is 0 Å². The number of halogens is 1. The molecule has 3 aromatic rings. The fourth-order valence-electron chi connectivity index (χ4n) is 3.01. The van der Waals surface area contributed by atoms with E-state index < -0.39 is 0 Å². The number of carbonyl (C=O) groups is 2. The lowest BCUT2D eigenvalue weighted by Crippen LogP contribution is -2.24. The lowest BCUT2D eigenvalue weighted by molar-refractivity contribution is -0.113. The van der Waals surface area contributed by atoms with Crippen molar-refractivity contribution in [3.63, 3.8) is 0 Å². The summed E-state index contributed by atoms with van der Waals surface area (Å²) in [5, 5.41) is 15.2. The fourth-order valence-corrected chi connectivity index (χ4v) is 3.90. The molecule has 1 heterocycles. The van der Waals surface area contributed by atoms with Gasteiger partial charge in [0.05, 0.1) is 12.3 Å². The first-order valence-corrected chi connectivity index (χ1v) is 11.8. The van der Waals surface area contributed by atoms with Gasteiger partial charge in [0.25, 0.3) is 5.91 Å². The Balaban J connectivity index is 1.58. The molecule has 1 aromatic heterocycles. The van der Waals surface area contributed by atoms with E-state index in [1.54, 1.807) is 30.3 Å². The highest BCUT2D eigenvalue weighted by molar-refractivity contribution is 7.99. The molecular weight excluding hydrogens is 458 g/mol. The van der Waals surface area contributed by atoms with E-state index in [1.165, 1.54) is 17.3 Å². The first kappa shape index (κ1) is 24.5. The summed E-state index contributed by atoms with van der Waals surface area (Å²) in [5.41, 5.74) is 2.47. The monoisotopic (exact) mass is 483 g/mol. The zero-order valence-corrected chi connectivity index (χ0v) is 20.1. The van der Waals surface area contributed by atoms with Crippen molar-refractivity contribution in [3.05, 3.63) is 83.2 Å². The van der Waals surface area contributed by atoms with Crippen LogP contribution >= 0.6 is 23.4 Å². The van der Waals surface area contributed by atoms with Crippen LogP contribution in [0.25, 0.3) is 0 Å². The molecule has 0 bridgehead atoms. The molecule has 3 rings (SSSR count). The van der Waals surface area contributed by atoms with E-state index in [4.69, 9.17) is 11.6 Å². The number of carbonyl (C=O) groups excluding carboxylic acids is 2. The Morgan fingerprint density at radius 2 is 1.82 bits per heavy atom. The Bertz CT molecular complexity index is 1110. The van der Waals surface area contributed by atoms with Gasteiger partial charge >= 0.3 is 0 Å². The molecular formula is C24H26ClN5O2S. The van der Waals surface area contributed by atoms with Gasteiger partial charge in [0.1, 0.15) is 0 Å². The molecule has 172 valence electrons. The van der Waals surface area contributed by atoms with Crippen LogP contribution in [0.5, 0.6) is 0 Å². The second kappa shape index (κ2) is 11.7. The third-order valence-electron chi connectivity index (χ3n) is 4.81. The molecule has 0 saturated heterocycles. The van der Waals surface area contributed by atoms with Crippen molar-refractivity contribution in [2.75, 3.05) is 11.1 Å². The minimum atomic E-state index is -0.239. The van der Waals surface area contributed by atoms with E-state index in [1.807, 2.05) is 28.8 Å². The van der Waals surface area contributed by atoms with E-state index in [-0.39, 0.29) is 24.1 Å². The van der Waals surface area contributed by atoms with Crippen molar-refractivity contribution in [2.24, 2.45) is 0 Å². The van der Waals surface area contributed by atoms with Gasteiger partial charge in [-0.3, -0.25) is 9.59 Å². The van der Waals surface area contributed by atoms with Gasteiger partial charge in [-0.1, -0.05) is 55.4 Å². The highest BCUT2D eigenvalue weighted by Crippen LogP contribution is 2.20. The Hall–Kier alpha value is -3.10.